The molecule has 0 fully saturated rings. The van der Waals surface area contributed by atoms with E-state index in [0.29, 0.717) is 46.4 Å². The molecule has 0 saturated heterocycles. The van der Waals surface area contributed by atoms with Crippen LogP contribution >= 0.6 is 0 Å². The lowest BCUT2D eigenvalue weighted by molar-refractivity contribution is 0.102. The molecule has 0 aliphatic rings. The minimum Gasteiger partial charge on any atom is -0.480 e. The molecular weight excluding hydrogens is 410 g/mol. The zero-order chi connectivity index (χ0) is 22.1. The van der Waals surface area contributed by atoms with Crippen molar-refractivity contribution in [2.45, 2.75) is 19.1 Å². The number of hydrogen-bond donors (Lipinski definition) is 2. The van der Waals surface area contributed by atoms with Crippen molar-refractivity contribution in [2.75, 3.05) is 7.11 Å². The highest BCUT2D eigenvalue weighted by atomic mass is 16.5. The first-order valence-corrected chi connectivity index (χ1v) is 9.91. The lowest BCUT2D eigenvalue weighted by Gasteiger charge is -2.27. The molecule has 4 heterocycles. The first kappa shape index (κ1) is 19.7. The Morgan fingerprint density at radius 3 is 2.53 bits per heavy atom. The number of benzene rings is 1. The van der Waals surface area contributed by atoms with Crippen LogP contribution < -0.4 is 4.74 Å². The number of fused-ring (bicyclic) bond motifs is 1. The fourth-order valence-corrected chi connectivity index (χ4v) is 3.74. The Balaban J connectivity index is 1.82. The number of rotatable bonds is 6. The molecule has 0 aliphatic carbocycles. The molecule has 5 aromatic rings. The molecule has 0 amide bonds. The summed E-state index contributed by atoms with van der Waals surface area (Å²) in [5.74, 6) is 1.19. The molecule has 0 radical (unpaired) electrons. The third kappa shape index (κ3) is 2.98. The summed E-state index contributed by atoms with van der Waals surface area (Å²) in [7, 11) is 1.51. The number of nitrogens with zero attached hydrogens (tertiary/aromatic N) is 8. The summed E-state index contributed by atoms with van der Waals surface area (Å²) in [5.41, 5.74) is 0.499. The second-order valence-corrected chi connectivity index (χ2v) is 6.95. The van der Waals surface area contributed by atoms with Crippen LogP contribution in [0.4, 0.5) is 0 Å². The van der Waals surface area contributed by atoms with Gasteiger partial charge in [0.15, 0.2) is 17.3 Å². The maximum atomic E-state index is 12.1. The Morgan fingerprint density at radius 2 is 1.88 bits per heavy atom. The number of imidazole rings is 1. The molecule has 2 N–H and O–H groups in total. The standard InChI is InChI=1S/C21H19N9O2/c1-3-30-15-12-14(16-26-28-29-27-16)18(32-2)24-17(15)25-20(30)21(31,13-8-5-4-6-9-13)19-22-10-7-11-23-19/h4-12,31H,3H2,1-2H3,(H,26,27,28,29). The minimum atomic E-state index is -1.71. The Hall–Kier alpha value is -4.25. The first-order chi connectivity index (χ1) is 15.7. The number of tetrazole rings is 1. The number of pyridine rings is 1. The number of methoxy groups -OCH3 is 1. The zero-order valence-electron chi connectivity index (χ0n) is 17.3. The van der Waals surface area contributed by atoms with Crippen molar-refractivity contribution in [2.24, 2.45) is 0 Å². The van der Waals surface area contributed by atoms with Crippen LogP contribution in [0.2, 0.25) is 0 Å². The second kappa shape index (κ2) is 7.78. The highest BCUT2D eigenvalue weighted by Gasteiger charge is 2.42. The van der Waals surface area contributed by atoms with E-state index in [-0.39, 0.29) is 5.82 Å². The lowest BCUT2D eigenvalue weighted by atomic mass is 9.91. The van der Waals surface area contributed by atoms with Gasteiger partial charge in [0.25, 0.3) is 0 Å². The van der Waals surface area contributed by atoms with Crippen molar-refractivity contribution in [3.8, 4) is 17.3 Å². The fraction of sp³-hybridized carbons (Fsp3) is 0.190. The normalized spacial score (nSPS) is 13.2. The molecular formula is C21H19N9O2. The number of aryl methyl sites for hydroxylation is 1. The van der Waals surface area contributed by atoms with Gasteiger partial charge in [0, 0.05) is 18.9 Å². The summed E-state index contributed by atoms with van der Waals surface area (Å²) in [6.45, 7) is 2.47. The average Bonchev–Trinajstić information content (AvgIpc) is 3.51. The maximum Gasteiger partial charge on any atom is 0.226 e. The number of H-pyrrole nitrogens is 1. The van der Waals surface area contributed by atoms with E-state index in [0.717, 1.165) is 0 Å². The van der Waals surface area contributed by atoms with Gasteiger partial charge in [-0.3, -0.25) is 0 Å². The summed E-state index contributed by atoms with van der Waals surface area (Å²) >= 11 is 0. The van der Waals surface area contributed by atoms with Crippen LogP contribution in [0.3, 0.4) is 0 Å². The Labute approximate surface area is 182 Å². The molecule has 4 aromatic heterocycles. The average molecular weight is 429 g/mol. The van der Waals surface area contributed by atoms with Crippen LogP contribution in [0.15, 0.2) is 54.9 Å². The minimum absolute atomic E-state index is 0.210. The van der Waals surface area contributed by atoms with E-state index >= 15 is 0 Å². The van der Waals surface area contributed by atoms with E-state index in [2.05, 4.69) is 35.6 Å². The third-order valence-corrected chi connectivity index (χ3v) is 5.21. The number of aromatic nitrogens is 9. The summed E-state index contributed by atoms with van der Waals surface area (Å²) in [6, 6.07) is 12.7. The van der Waals surface area contributed by atoms with Gasteiger partial charge in [0.2, 0.25) is 17.3 Å². The molecule has 1 unspecified atom stereocenters. The van der Waals surface area contributed by atoms with E-state index < -0.39 is 5.60 Å². The van der Waals surface area contributed by atoms with Gasteiger partial charge in [-0.05, 0) is 29.8 Å². The second-order valence-electron chi connectivity index (χ2n) is 6.95. The molecule has 5 rings (SSSR count). The zero-order valence-corrected chi connectivity index (χ0v) is 17.3. The third-order valence-electron chi connectivity index (χ3n) is 5.21. The summed E-state index contributed by atoms with van der Waals surface area (Å²) in [6.07, 6.45) is 3.18. The number of aliphatic hydroxyl groups is 1. The molecule has 0 spiro atoms. The van der Waals surface area contributed by atoms with Gasteiger partial charge in [0.1, 0.15) is 0 Å². The number of ether oxygens (including phenoxy) is 1. The van der Waals surface area contributed by atoms with Crippen LogP contribution in [-0.2, 0) is 12.1 Å². The van der Waals surface area contributed by atoms with Gasteiger partial charge in [-0.25, -0.2) is 15.0 Å². The molecule has 11 nitrogen and oxygen atoms in total. The van der Waals surface area contributed by atoms with Crippen molar-refractivity contribution >= 4 is 11.2 Å². The van der Waals surface area contributed by atoms with Crippen molar-refractivity contribution in [3.63, 3.8) is 0 Å². The van der Waals surface area contributed by atoms with Crippen molar-refractivity contribution < 1.29 is 9.84 Å². The molecule has 0 bridgehead atoms. The largest absolute Gasteiger partial charge is 0.480 e. The summed E-state index contributed by atoms with van der Waals surface area (Å²) in [5, 5.41) is 26.3. The first-order valence-electron chi connectivity index (χ1n) is 9.91. The lowest BCUT2D eigenvalue weighted by Crippen LogP contribution is -2.34. The monoisotopic (exact) mass is 429 g/mol. The van der Waals surface area contributed by atoms with Crippen LogP contribution in [0.5, 0.6) is 5.88 Å². The summed E-state index contributed by atoms with van der Waals surface area (Å²) in [4.78, 5) is 18.0. The molecule has 160 valence electrons. The molecule has 11 heteroatoms. The van der Waals surface area contributed by atoms with Crippen molar-refractivity contribution in [3.05, 3.63) is 72.1 Å². The predicted molar refractivity (Wildman–Crippen MR) is 114 cm³/mol. The van der Waals surface area contributed by atoms with Gasteiger partial charge in [-0.1, -0.05) is 30.3 Å². The fourth-order valence-electron chi connectivity index (χ4n) is 3.74. The maximum absolute atomic E-state index is 12.1. The van der Waals surface area contributed by atoms with Gasteiger partial charge in [0.05, 0.1) is 18.2 Å². The highest BCUT2D eigenvalue weighted by molar-refractivity contribution is 5.80. The van der Waals surface area contributed by atoms with Crippen LogP contribution in [0, 0.1) is 0 Å². The molecule has 1 atom stereocenters. The van der Waals surface area contributed by atoms with Gasteiger partial charge < -0.3 is 14.4 Å². The van der Waals surface area contributed by atoms with E-state index in [9.17, 15) is 5.11 Å². The van der Waals surface area contributed by atoms with Crippen molar-refractivity contribution in [1.29, 1.82) is 0 Å². The Morgan fingerprint density at radius 1 is 1.09 bits per heavy atom. The molecule has 32 heavy (non-hydrogen) atoms. The number of hydrogen-bond acceptors (Lipinski definition) is 9. The van der Waals surface area contributed by atoms with Crippen LogP contribution in [0.25, 0.3) is 22.6 Å². The van der Waals surface area contributed by atoms with Gasteiger partial charge in [-0.15, -0.1) is 10.2 Å². The highest BCUT2D eigenvalue weighted by Crippen LogP contribution is 2.37. The quantitative estimate of drug-likeness (QED) is 0.413. The Kier molecular flexibility index (Phi) is 4.79. The van der Waals surface area contributed by atoms with Crippen LogP contribution in [-0.4, -0.2) is 57.3 Å². The van der Waals surface area contributed by atoms with E-state index in [4.69, 9.17) is 9.72 Å². The smallest absolute Gasteiger partial charge is 0.226 e. The Bertz CT molecular complexity index is 1310. The van der Waals surface area contributed by atoms with Gasteiger partial charge >= 0.3 is 0 Å². The van der Waals surface area contributed by atoms with E-state index in [1.165, 1.54) is 7.11 Å². The number of aromatic amines is 1. The SMILES string of the molecule is CCn1c(C(O)(c2ccccc2)c2ncccn2)nc2nc(OC)c(-c3nn[nH]n3)cc21. The van der Waals surface area contributed by atoms with Crippen molar-refractivity contribution in [1.82, 2.24) is 45.1 Å². The van der Waals surface area contributed by atoms with Crippen LogP contribution in [0.1, 0.15) is 24.1 Å². The molecule has 0 aliphatic heterocycles. The molecule has 1 aromatic carbocycles. The topological polar surface area (TPSA) is 140 Å². The number of nitrogens with one attached hydrogen (secondary N) is 1. The van der Waals surface area contributed by atoms with Gasteiger partial charge in [-0.2, -0.15) is 10.2 Å². The predicted octanol–water partition coefficient (Wildman–Crippen LogP) is 1.71. The molecule has 0 saturated carbocycles. The van der Waals surface area contributed by atoms with E-state index in [1.807, 2.05) is 47.9 Å². The summed E-state index contributed by atoms with van der Waals surface area (Å²) < 4.78 is 7.32. The van der Waals surface area contributed by atoms with E-state index in [1.54, 1.807) is 18.5 Å².